The lowest BCUT2D eigenvalue weighted by molar-refractivity contribution is 0.0526. The Balaban J connectivity index is 2.23. The molecule has 2 nitrogen and oxygen atoms in total. The van der Waals surface area contributed by atoms with Crippen molar-refractivity contribution in [3.8, 4) is 0 Å². The highest BCUT2D eigenvalue weighted by Gasteiger charge is 2.09. The molecule has 114 valence electrons. The van der Waals surface area contributed by atoms with E-state index in [1.165, 1.54) is 16.7 Å². The Morgan fingerprint density at radius 2 is 1.50 bits per heavy atom. The minimum atomic E-state index is -0.268. The van der Waals surface area contributed by atoms with E-state index in [0.717, 1.165) is 12.0 Å². The maximum Gasteiger partial charge on any atom is 0.338 e. The minimum absolute atomic E-state index is 0.268. The quantitative estimate of drug-likeness (QED) is 0.733. The molecule has 22 heavy (non-hydrogen) atoms. The predicted molar refractivity (Wildman–Crippen MR) is 90.8 cm³/mol. The van der Waals surface area contributed by atoms with E-state index in [1.807, 2.05) is 37.3 Å². The van der Waals surface area contributed by atoms with Gasteiger partial charge in [0.2, 0.25) is 0 Å². The van der Waals surface area contributed by atoms with E-state index >= 15 is 0 Å². The first-order chi connectivity index (χ1) is 10.6. The lowest BCUT2D eigenvalue weighted by Gasteiger charge is -2.12. The maximum absolute atomic E-state index is 11.7. The zero-order valence-electron chi connectivity index (χ0n) is 13.4. The lowest BCUT2D eigenvalue weighted by atomic mass is 9.94. The van der Waals surface area contributed by atoms with E-state index in [0.29, 0.717) is 12.2 Å². The fourth-order valence-corrected chi connectivity index (χ4v) is 2.39. The molecule has 0 aliphatic carbocycles. The number of carbonyl (C=O) groups is 1. The van der Waals surface area contributed by atoms with Crippen LogP contribution in [0.1, 0.15) is 42.3 Å². The van der Waals surface area contributed by atoms with Crippen LogP contribution in [0.5, 0.6) is 0 Å². The van der Waals surface area contributed by atoms with Crippen LogP contribution in [0.3, 0.4) is 0 Å². The van der Waals surface area contributed by atoms with Gasteiger partial charge in [-0.2, -0.15) is 0 Å². The Labute approximate surface area is 132 Å². The summed E-state index contributed by atoms with van der Waals surface area (Å²) in [6.45, 7) is 6.45. The average molecular weight is 294 g/mol. The summed E-state index contributed by atoms with van der Waals surface area (Å²) in [7, 11) is 0. The van der Waals surface area contributed by atoms with Gasteiger partial charge in [-0.1, -0.05) is 48.0 Å². The Morgan fingerprint density at radius 1 is 0.909 bits per heavy atom. The second-order valence-electron chi connectivity index (χ2n) is 5.44. The lowest BCUT2D eigenvalue weighted by Crippen LogP contribution is -2.04. The van der Waals surface area contributed by atoms with Crippen molar-refractivity contribution >= 4 is 11.5 Å². The van der Waals surface area contributed by atoms with Gasteiger partial charge in [0.05, 0.1) is 12.2 Å². The fourth-order valence-electron chi connectivity index (χ4n) is 2.39. The average Bonchev–Trinajstić information content (AvgIpc) is 2.54. The summed E-state index contributed by atoms with van der Waals surface area (Å²) in [5.41, 5.74) is 5.61. The second kappa shape index (κ2) is 7.60. The molecular formula is C20H22O2. The Morgan fingerprint density at radius 3 is 2.05 bits per heavy atom. The summed E-state index contributed by atoms with van der Waals surface area (Å²) >= 11 is 0. The first kappa shape index (κ1) is 16.0. The molecule has 2 rings (SSSR count). The van der Waals surface area contributed by atoms with Gasteiger partial charge in [-0.05, 0) is 56.0 Å². The molecule has 0 N–H and O–H groups in total. The summed E-state index contributed by atoms with van der Waals surface area (Å²) in [6.07, 6.45) is 0.891. The molecule has 0 aromatic heterocycles. The van der Waals surface area contributed by atoms with Gasteiger partial charge in [0, 0.05) is 0 Å². The van der Waals surface area contributed by atoms with E-state index in [9.17, 15) is 4.79 Å². The van der Waals surface area contributed by atoms with Gasteiger partial charge >= 0.3 is 5.97 Å². The third kappa shape index (κ3) is 4.08. The normalized spacial score (nSPS) is 10.1. The monoisotopic (exact) mass is 294 g/mol. The summed E-state index contributed by atoms with van der Waals surface area (Å²) in [5.74, 6) is -0.268. The molecule has 0 heterocycles. The zero-order valence-corrected chi connectivity index (χ0v) is 13.4. The molecule has 0 aliphatic heterocycles. The summed E-state index contributed by atoms with van der Waals surface area (Å²) < 4.78 is 5.02. The predicted octanol–water partition coefficient (Wildman–Crippen LogP) is 4.90. The summed E-state index contributed by atoms with van der Waals surface area (Å²) in [5, 5.41) is 0. The van der Waals surface area contributed by atoms with Crippen LogP contribution in [0.25, 0.3) is 5.57 Å². The Hall–Kier alpha value is -2.35. The third-order valence-electron chi connectivity index (χ3n) is 3.57. The van der Waals surface area contributed by atoms with Crippen molar-refractivity contribution in [3.05, 3.63) is 76.9 Å². The highest BCUT2D eigenvalue weighted by Crippen LogP contribution is 2.24. The van der Waals surface area contributed by atoms with E-state index in [1.54, 1.807) is 0 Å². The Kier molecular flexibility index (Phi) is 5.54. The molecule has 0 unspecified atom stereocenters. The van der Waals surface area contributed by atoms with Crippen LogP contribution in [0, 0.1) is 0 Å². The smallest absolute Gasteiger partial charge is 0.338 e. The highest BCUT2D eigenvalue weighted by atomic mass is 16.5. The molecule has 0 fully saturated rings. The van der Waals surface area contributed by atoms with E-state index in [-0.39, 0.29) is 5.97 Å². The van der Waals surface area contributed by atoms with E-state index < -0.39 is 0 Å². The molecule has 0 bridgehead atoms. The number of hydrogen-bond donors (Lipinski definition) is 0. The third-order valence-corrected chi connectivity index (χ3v) is 3.57. The maximum atomic E-state index is 11.7. The van der Waals surface area contributed by atoms with Crippen LogP contribution in [0.15, 0.2) is 60.2 Å². The van der Waals surface area contributed by atoms with E-state index in [4.69, 9.17) is 4.74 Å². The van der Waals surface area contributed by atoms with Gasteiger partial charge < -0.3 is 4.74 Å². The van der Waals surface area contributed by atoms with Gasteiger partial charge in [0.25, 0.3) is 0 Å². The van der Waals surface area contributed by atoms with Crippen LogP contribution in [-0.2, 0) is 11.2 Å². The molecule has 2 heteroatoms. The molecule has 0 saturated carbocycles. The first-order valence-electron chi connectivity index (χ1n) is 7.59. The molecule has 2 aromatic carbocycles. The van der Waals surface area contributed by atoms with Crippen molar-refractivity contribution in [1.29, 1.82) is 0 Å². The van der Waals surface area contributed by atoms with Crippen molar-refractivity contribution in [2.75, 3.05) is 6.61 Å². The molecule has 0 spiro atoms. The van der Waals surface area contributed by atoms with Gasteiger partial charge in [-0.25, -0.2) is 4.79 Å². The summed E-state index contributed by atoms with van der Waals surface area (Å²) in [4.78, 5) is 11.7. The Bertz CT molecular complexity index is 648. The zero-order chi connectivity index (χ0) is 15.9. The topological polar surface area (TPSA) is 26.3 Å². The number of ether oxygens (including phenoxy) is 1. The molecule has 0 amide bonds. The number of hydrogen-bond acceptors (Lipinski definition) is 2. The molecule has 0 saturated heterocycles. The fraction of sp³-hybridized carbons (Fsp3) is 0.250. The minimum Gasteiger partial charge on any atom is -0.462 e. The SMILES string of the molecule is CCOC(=O)c1ccc(C(Cc2ccccc2)=C(C)C)cc1. The summed E-state index contributed by atoms with van der Waals surface area (Å²) in [6, 6.07) is 18.1. The molecule has 0 atom stereocenters. The van der Waals surface area contributed by atoms with Crippen LogP contribution in [0.2, 0.25) is 0 Å². The molecule has 2 aromatic rings. The second-order valence-corrected chi connectivity index (χ2v) is 5.44. The van der Waals surface area contributed by atoms with Gasteiger partial charge in [0.1, 0.15) is 0 Å². The van der Waals surface area contributed by atoms with Gasteiger partial charge in [-0.15, -0.1) is 0 Å². The van der Waals surface area contributed by atoms with Crippen molar-refractivity contribution in [3.63, 3.8) is 0 Å². The number of esters is 1. The molecule has 0 aliphatic rings. The molecule has 0 radical (unpaired) electrons. The standard InChI is InChI=1S/C20H22O2/c1-4-22-20(21)18-12-10-17(11-13-18)19(15(2)3)14-16-8-6-5-7-9-16/h5-13H,4,14H2,1-3H3. The van der Waals surface area contributed by atoms with Crippen molar-refractivity contribution in [2.45, 2.75) is 27.2 Å². The van der Waals surface area contributed by atoms with Crippen molar-refractivity contribution < 1.29 is 9.53 Å². The van der Waals surface area contributed by atoms with Gasteiger partial charge in [-0.3, -0.25) is 0 Å². The largest absolute Gasteiger partial charge is 0.462 e. The van der Waals surface area contributed by atoms with Crippen LogP contribution in [0.4, 0.5) is 0 Å². The van der Waals surface area contributed by atoms with Crippen LogP contribution < -0.4 is 0 Å². The van der Waals surface area contributed by atoms with Crippen molar-refractivity contribution in [2.24, 2.45) is 0 Å². The first-order valence-corrected chi connectivity index (χ1v) is 7.59. The highest BCUT2D eigenvalue weighted by molar-refractivity contribution is 5.90. The van der Waals surface area contributed by atoms with Crippen LogP contribution >= 0.6 is 0 Å². The number of allylic oxidation sites excluding steroid dienone is 2. The number of carbonyl (C=O) groups excluding carboxylic acids is 1. The molecular weight excluding hydrogens is 272 g/mol. The van der Waals surface area contributed by atoms with Crippen molar-refractivity contribution in [1.82, 2.24) is 0 Å². The number of benzene rings is 2. The van der Waals surface area contributed by atoms with Gasteiger partial charge in [0.15, 0.2) is 0 Å². The van der Waals surface area contributed by atoms with E-state index in [2.05, 4.69) is 38.1 Å². The number of rotatable bonds is 5. The van der Waals surface area contributed by atoms with Crippen LogP contribution in [-0.4, -0.2) is 12.6 Å².